The minimum absolute atomic E-state index is 0.750. The van der Waals surface area contributed by atoms with Crippen LogP contribution in [0.3, 0.4) is 0 Å². The van der Waals surface area contributed by atoms with E-state index in [1.165, 1.54) is 0 Å². The van der Waals surface area contributed by atoms with Gasteiger partial charge in [-0.25, -0.2) is 4.79 Å². The van der Waals surface area contributed by atoms with Crippen molar-refractivity contribution in [3.63, 3.8) is 0 Å². The molecule has 0 fully saturated rings. The number of ether oxygens (including phenoxy) is 1. The van der Waals surface area contributed by atoms with Gasteiger partial charge in [0.25, 0.3) is 0 Å². The highest BCUT2D eigenvalue weighted by atomic mass is 16.5. The molecule has 0 saturated heterocycles. The molecule has 0 atom stereocenters. The molecule has 0 bridgehead atoms. The summed E-state index contributed by atoms with van der Waals surface area (Å²) in [6.45, 7) is 2.89. The molecule has 0 saturated carbocycles. The van der Waals surface area contributed by atoms with Gasteiger partial charge in [-0.2, -0.15) is 0 Å². The van der Waals surface area contributed by atoms with Gasteiger partial charge in [0.05, 0.1) is 6.61 Å². The summed E-state index contributed by atoms with van der Waals surface area (Å²) in [5.74, 6) is -0.0547. The third kappa shape index (κ3) is 4.77. The lowest BCUT2D eigenvalue weighted by Gasteiger charge is -2.07. The molecule has 2 aromatic rings. The van der Waals surface area contributed by atoms with Crippen LogP contribution in [0.1, 0.15) is 25.3 Å². The van der Waals surface area contributed by atoms with Crippen LogP contribution in [0.25, 0.3) is 17.2 Å². The van der Waals surface area contributed by atoms with Crippen molar-refractivity contribution >= 4 is 12.0 Å². The number of hydrogen-bond acceptors (Lipinski definition) is 2. The molecular weight excluding hydrogens is 276 g/mol. The molecule has 22 heavy (non-hydrogen) atoms. The normalized spacial score (nSPS) is 10.8. The molecule has 0 heterocycles. The number of unbranched alkanes of at least 4 members (excludes halogenated alkanes) is 1. The van der Waals surface area contributed by atoms with Crippen LogP contribution >= 0.6 is 0 Å². The van der Waals surface area contributed by atoms with Crippen LogP contribution in [-0.4, -0.2) is 17.7 Å². The average Bonchev–Trinajstić information content (AvgIpc) is 2.54. The van der Waals surface area contributed by atoms with Crippen molar-refractivity contribution in [3.8, 4) is 16.9 Å². The van der Waals surface area contributed by atoms with Crippen LogP contribution < -0.4 is 4.74 Å². The Labute approximate surface area is 130 Å². The first-order valence-electron chi connectivity index (χ1n) is 7.43. The van der Waals surface area contributed by atoms with Crippen molar-refractivity contribution in [3.05, 3.63) is 60.2 Å². The van der Waals surface area contributed by atoms with Crippen molar-refractivity contribution in [1.82, 2.24) is 0 Å². The van der Waals surface area contributed by atoms with Crippen LogP contribution in [0.4, 0.5) is 0 Å². The van der Waals surface area contributed by atoms with Gasteiger partial charge in [-0.3, -0.25) is 0 Å². The quantitative estimate of drug-likeness (QED) is 0.598. The molecule has 3 heteroatoms. The van der Waals surface area contributed by atoms with E-state index in [4.69, 9.17) is 9.84 Å². The van der Waals surface area contributed by atoms with Gasteiger partial charge in [0.15, 0.2) is 0 Å². The molecular formula is C19H20O3. The van der Waals surface area contributed by atoms with E-state index in [0.717, 1.165) is 48.0 Å². The smallest absolute Gasteiger partial charge is 0.328 e. The van der Waals surface area contributed by atoms with Gasteiger partial charge in [-0.15, -0.1) is 0 Å². The molecule has 3 nitrogen and oxygen atoms in total. The molecule has 0 aliphatic heterocycles. The summed E-state index contributed by atoms with van der Waals surface area (Å²) in [5.41, 5.74) is 3.06. The second-order valence-electron chi connectivity index (χ2n) is 5.02. The van der Waals surface area contributed by atoms with E-state index in [1.807, 2.05) is 48.5 Å². The second kappa shape index (κ2) is 8.03. The number of aliphatic carboxylic acids is 1. The van der Waals surface area contributed by atoms with Crippen molar-refractivity contribution in [2.24, 2.45) is 0 Å². The number of rotatable bonds is 7. The Morgan fingerprint density at radius 3 is 2.18 bits per heavy atom. The fraction of sp³-hybridized carbons (Fsp3) is 0.211. The van der Waals surface area contributed by atoms with Gasteiger partial charge in [-0.1, -0.05) is 49.7 Å². The maximum Gasteiger partial charge on any atom is 0.328 e. The lowest BCUT2D eigenvalue weighted by Crippen LogP contribution is -1.95. The number of carbonyl (C=O) groups is 1. The second-order valence-corrected chi connectivity index (χ2v) is 5.02. The largest absolute Gasteiger partial charge is 0.494 e. The molecule has 0 aliphatic carbocycles. The van der Waals surface area contributed by atoms with Crippen LogP contribution in [0.5, 0.6) is 5.75 Å². The zero-order valence-corrected chi connectivity index (χ0v) is 12.7. The predicted molar refractivity (Wildman–Crippen MR) is 89.0 cm³/mol. The van der Waals surface area contributed by atoms with Gasteiger partial charge in [-0.05, 0) is 41.3 Å². The lowest BCUT2D eigenvalue weighted by molar-refractivity contribution is -0.131. The molecule has 0 spiro atoms. The number of carboxylic acid groups (broad SMARTS) is 1. The van der Waals surface area contributed by atoms with E-state index < -0.39 is 5.97 Å². The van der Waals surface area contributed by atoms with Crippen LogP contribution in [-0.2, 0) is 4.79 Å². The zero-order chi connectivity index (χ0) is 15.8. The van der Waals surface area contributed by atoms with E-state index in [2.05, 4.69) is 6.92 Å². The number of benzene rings is 2. The Morgan fingerprint density at radius 2 is 1.64 bits per heavy atom. The minimum atomic E-state index is -0.942. The van der Waals surface area contributed by atoms with E-state index >= 15 is 0 Å². The number of hydrogen-bond donors (Lipinski definition) is 1. The number of carboxylic acids is 1. The highest BCUT2D eigenvalue weighted by Crippen LogP contribution is 2.23. The standard InChI is InChI=1S/C19H20O3/c1-2-3-14-22-18-11-9-17(10-12-18)16-7-4-15(5-8-16)6-13-19(20)21/h4-13H,2-3,14H2,1H3,(H,20,21)/b13-6+. The fourth-order valence-electron chi connectivity index (χ4n) is 2.03. The van der Waals surface area contributed by atoms with Gasteiger partial charge >= 0.3 is 5.97 Å². The summed E-state index contributed by atoms with van der Waals surface area (Å²) in [5, 5.41) is 8.61. The SMILES string of the molecule is CCCCOc1ccc(-c2ccc(/C=C/C(=O)O)cc2)cc1. The highest BCUT2D eigenvalue weighted by molar-refractivity contribution is 5.85. The first-order chi connectivity index (χ1) is 10.7. The Hall–Kier alpha value is -2.55. The summed E-state index contributed by atoms with van der Waals surface area (Å²) in [6.07, 6.45) is 4.90. The highest BCUT2D eigenvalue weighted by Gasteiger charge is 1.99. The Morgan fingerprint density at radius 1 is 1.05 bits per heavy atom. The molecule has 0 amide bonds. The molecule has 2 aromatic carbocycles. The Kier molecular flexibility index (Phi) is 5.78. The molecule has 0 aliphatic rings. The predicted octanol–water partition coefficient (Wildman–Crippen LogP) is 4.63. The molecule has 1 N–H and O–H groups in total. The molecule has 0 radical (unpaired) electrons. The molecule has 0 aromatic heterocycles. The van der Waals surface area contributed by atoms with Gasteiger partial charge in [0.1, 0.15) is 5.75 Å². The maximum atomic E-state index is 10.5. The van der Waals surface area contributed by atoms with Crippen LogP contribution in [0.15, 0.2) is 54.6 Å². The summed E-state index contributed by atoms with van der Waals surface area (Å²) >= 11 is 0. The maximum absolute atomic E-state index is 10.5. The van der Waals surface area contributed by atoms with Gasteiger partial charge < -0.3 is 9.84 Å². The Balaban J connectivity index is 2.03. The zero-order valence-electron chi connectivity index (χ0n) is 12.7. The topological polar surface area (TPSA) is 46.5 Å². The minimum Gasteiger partial charge on any atom is -0.494 e. The third-order valence-corrected chi connectivity index (χ3v) is 3.28. The summed E-state index contributed by atoms with van der Waals surface area (Å²) in [6, 6.07) is 15.8. The van der Waals surface area contributed by atoms with E-state index in [0.29, 0.717) is 0 Å². The first kappa shape index (κ1) is 15.8. The monoisotopic (exact) mass is 296 g/mol. The van der Waals surface area contributed by atoms with E-state index in [1.54, 1.807) is 6.08 Å². The van der Waals surface area contributed by atoms with Crippen molar-refractivity contribution in [1.29, 1.82) is 0 Å². The Bertz CT molecular complexity index is 625. The van der Waals surface area contributed by atoms with E-state index in [-0.39, 0.29) is 0 Å². The summed E-state index contributed by atoms with van der Waals surface area (Å²) in [7, 11) is 0. The van der Waals surface area contributed by atoms with Crippen molar-refractivity contribution < 1.29 is 14.6 Å². The summed E-state index contributed by atoms with van der Waals surface area (Å²) in [4.78, 5) is 10.5. The van der Waals surface area contributed by atoms with Crippen LogP contribution in [0, 0.1) is 0 Å². The van der Waals surface area contributed by atoms with Crippen molar-refractivity contribution in [2.45, 2.75) is 19.8 Å². The molecule has 0 unspecified atom stereocenters. The average molecular weight is 296 g/mol. The van der Waals surface area contributed by atoms with Gasteiger partial charge in [0.2, 0.25) is 0 Å². The molecule has 2 rings (SSSR count). The van der Waals surface area contributed by atoms with Gasteiger partial charge in [0, 0.05) is 6.08 Å². The first-order valence-corrected chi connectivity index (χ1v) is 7.43. The fourth-order valence-corrected chi connectivity index (χ4v) is 2.03. The summed E-state index contributed by atoms with van der Waals surface area (Å²) < 4.78 is 5.65. The third-order valence-electron chi connectivity index (χ3n) is 3.28. The lowest BCUT2D eigenvalue weighted by atomic mass is 10.0. The van der Waals surface area contributed by atoms with E-state index in [9.17, 15) is 4.79 Å². The molecule has 114 valence electrons. The van der Waals surface area contributed by atoms with Crippen LogP contribution in [0.2, 0.25) is 0 Å². The van der Waals surface area contributed by atoms with Crippen molar-refractivity contribution in [2.75, 3.05) is 6.61 Å².